The van der Waals surface area contributed by atoms with Gasteiger partial charge in [-0.25, -0.2) is 9.29 Å². The van der Waals surface area contributed by atoms with Crippen LogP contribution in [0.25, 0.3) is 10.2 Å². The lowest BCUT2D eigenvalue weighted by Gasteiger charge is -2.37. The molecule has 23 heavy (non-hydrogen) atoms. The molecule has 6 heteroatoms. The zero-order valence-corrected chi connectivity index (χ0v) is 16.6. The fourth-order valence-corrected chi connectivity index (χ4v) is 4.71. The molecule has 1 aromatic heterocycles. The summed E-state index contributed by atoms with van der Waals surface area (Å²) in [5.41, 5.74) is 0.971. The van der Waals surface area contributed by atoms with Gasteiger partial charge >= 0.3 is 0 Å². The third-order valence-electron chi connectivity index (χ3n) is 3.70. The van der Waals surface area contributed by atoms with Gasteiger partial charge in [-0.05, 0) is 52.1 Å². The molecule has 0 spiro atoms. The van der Waals surface area contributed by atoms with Crippen molar-refractivity contribution in [2.45, 2.75) is 57.0 Å². The standard InChI is InChI=1S/C17H26N2O2S2/c1-8-11(2)19(17(3,4)5)23-16-18-15-13(21-7)9-12(20-6)10-14(15)22-16/h9-11H,8H2,1-7H3. The highest BCUT2D eigenvalue weighted by Gasteiger charge is 2.28. The molecule has 1 unspecified atom stereocenters. The number of nitrogens with zero attached hydrogens (tertiary/aromatic N) is 2. The molecule has 1 aromatic carbocycles. The third-order valence-corrected chi connectivity index (χ3v) is 6.32. The minimum Gasteiger partial charge on any atom is -0.497 e. The summed E-state index contributed by atoms with van der Waals surface area (Å²) in [4.78, 5) is 4.79. The normalized spacial score (nSPS) is 13.6. The van der Waals surface area contributed by atoms with E-state index in [1.54, 1.807) is 37.5 Å². The van der Waals surface area contributed by atoms with Gasteiger partial charge in [0.2, 0.25) is 0 Å². The highest BCUT2D eigenvalue weighted by Crippen LogP contribution is 2.41. The molecule has 0 aliphatic carbocycles. The van der Waals surface area contributed by atoms with Gasteiger partial charge in [-0.1, -0.05) is 6.92 Å². The Morgan fingerprint density at radius 2 is 1.96 bits per heavy atom. The van der Waals surface area contributed by atoms with E-state index in [1.165, 1.54) is 0 Å². The SMILES string of the molecule is CCC(C)N(Sc1nc2c(OC)cc(OC)cc2s1)C(C)(C)C. The number of aromatic nitrogens is 1. The highest BCUT2D eigenvalue weighted by atomic mass is 32.2. The molecule has 0 N–H and O–H groups in total. The molecule has 0 fully saturated rings. The molecule has 128 valence electrons. The molecule has 1 heterocycles. The topological polar surface area (TPSA) is 34.6 Å². The van der Waals surface area contributed by atoms with Crippen molar-refractivity contribution in [1.29, 1.82) is 0 Å². The molecule has 0 aliphatic rings. The Labute approximate surface area is 147 Å². The summed E-state index contributed by atoms with van der Waals surface area (Å²) >= 11 is 3.41. The van der Waals surface area contributed by atoms with Crippen molar-refractivity contribution in [3.8, 4) is 11.5 Å². The first-order valence-electron chi connectivity index (χ1n) is 7.80. The second-order valence-corrected chi connectivity index (χ2v) is 8.75. The van der Waals surface area contributed by atoms with Gasteiger partial charge in [0.1, 0.15) is 17.0 Å². The Morgan fingerprint density at radius 1 is 1.26 bits per heavy atom. The van der Waals surface area contributed by atoms with Gasteiger partial charge in [0.05, 0.1) is 18.9 Å². The molecule has 0 bridgehead atoms. The number of methoxy groups -OCH3 is 2. The molecule has 2 aromatic rings. The van der Waals surface area contributed by atoms with Gasteiger partial charge < -0.3 is 9.47 Å². The molecule has 0 saturated carbocycles. The van der Waals surface area contributed by atoms with Crippen LogP contribution in [0, 0.1) is 0 Å². The highest BCUT2D eigenvalue weighted by molar-refractivity contribution is 7.99. The number of hydrogen-bond donors (Lipinski definition) is 0. The number of benzene rings is 1. The number of hydrogen-bond acceptors (Lipinski definition) is 6. The van der Waals surface area contributed by atoms with Crippen molar-refractivity contribution >= 4 is 33.5 Å². The van der Waals surface area contributed by atoms with Crippen LogP contribution >= 0.6 is 23.3 Å². The average Bonchev–Trinajstić information content (AvgIpc) is 2.92. The van der Waals surface area contributed by atoms with Gasteiger partial charge in [-0.3, -0.25) is 0 Å². The molecule has 2 rings (SSSR count). The number of rotatable bonds is 6. The first kappa shape index (κ1) is 18.4. The predicted octanol–water partition coefficient (Wildman–Crippen LogP) is 5.22. The molecular weight excluding hydrogens is 328 g/mol. The molecule has 0 amide bonds. The van der Waals surface area contributed by atoms with Crippen molar-refractivity contribution in [3.63, 3.8) is 0 Å². The van der Waals surface area contributed by atoms with E-state index in [4.69, 9.17) is 14.5 Å². The lowest BCUT2D eigenvalue weighted by molar-refractivity contribution is 0.216. The van der Waals surface area contributed by atoms with Crippen LogP contribution in [0.15, 0.2) is 16.5 Å². The smallest absolute Gasteiger partial charge is 0.166 e. The minimum absolute atomic E-state index is 0.0692. The number of thiazole rings is 1. The summed E-state index contributed by atoms with van der Waals surface area (Å²) in [7, 11) is 3.34. The van der Waals surface area contributed by atoms with Crippen molar-refractivity contribution in [3.05, 3.63) is 12.1 Å². The van der Waals surface area contributed by atoms with Crippen LogP contribution in [0.2, 0.25) is 0 Å². The molecule has 0 aliphatic heterocycles. The van der Waals surface area contributed by atoms with E-state index >= 15 is 0 Å². The first-order valence-corrected chi connectivity index (χ1v) is 9.39. The molecular formula is C17H26N2O2S2. The van der Waals surface area contributed by atoms with E-state index in [2.05, 4.69) is 38.9 Å². The van der Waals surface area contributed by atoms with Crippen LogP contribution < -0.4 is 9.47 Å². The molecule has 1 atom stereocenters. The van der Waals surface area contributed by atoms with Crippen LogP contribution in [0.5, 0.6) is 11.5 Å². The number of fused-ring (bicyclic) bond motifs is 1. The Morgan fingerprint density at radius 3 is 2.48 bits per heavy atom. The van der Waals surface area contributed by atoms with Crippen LogP contribution in [0.3, 0.4) is 0 Å². The van der Waals surface area contributed by atoms with E-state index in [-0.39, 0.29) is 5.54 Å². The summed E-state index contributed by atoms with van der Waals surface area (Å²) in [6, 6.07) is 4.38. The maximum atomic E-state index is 5.47. The zero-order valence-electron chi connectivity index (χ0n) is 15.0. The number of ether oxygens (including phenoxy) is 2. The summed E-state index contributed by atoms with van der Waals surface area (Å²) < 4.78 is 15.4. The van der Waals surface area contributed by atoms with Gasteiger partial charge in [0.15, 0.2) is 4.34 Å². The fourth-order valence-electron chi connectivity index (χ4n) is 2.40. The van der Waals surface area contributed by atoms with E-state index in [9.17, 15) is 0 Å². The van der Waals surface area contributed by atoms with E-state index in [1.807, 2.05) is 12.1 Å². The van der Waals surface area contributed by atoms with Crippen LogP contribution in [0.4, 0.5) is 0 Å². The second-order valence-electron chi connectivity index (χ2n) is 6.50. The Bertz CT molecular complexity index is 664. The van der Waals surface area contributed by atoms with Gasteiger partial charge in [-0.2, -0.15) is 0 Å². The molecule has 0 radical (unpaired) electrons. The second kappa shape index (κ2) is 7.28. The summed E-state index contributed by atoms with van der Waals surface area (Å²) in [5.74, 6) is 1.55. The van der Waals surface area contributed by atoms with Crippen molar-refractivity contribution in [2.24, 2.45) is 0 Å². The lowest BCUT2D eigenvalue weighted by Crippen LogP contribution is -2.41. The minimum atomic E-state index is 0.0692. The van der Waals surface area contributed by atoms with E-state index in [0.29, 0.717) is 6.04 Å². The van der Waals surface area contributed by atoms with Gasteiger partial charge in [0, 0.05) is 17.6 Å². The zero-order chi connectivity index (χ0) is 17.2. The van der Waals surface area contributed by atoms with Crippen LogP contribution in [-0.4, -0.2) is 35.1 Å². The maximum absolute atomic E-state index is 5.47. The van der Waals surface area contributed by atoms with E-state index < -0.39 is 0 Å². The summed E-state index contributed by atoms with van der Waals surface area (Å²) in [6.07, 6.45) is 1.10. The first-order chi connectivity index (χ1) is 10.8. The van der Waals surface area contributed by atoms with E-state index in [0.717, 1.165) is 32.5 Å². The van der Waals surface area contributed by atoms with Gasteiger partial charge in [-0.15, -0.1) is 11.3 Å². The average molecular weight is 355 g/mol. The van der Waals surface area contributed by atoms with Crippen molar-refractivity contribution in [1.82, 2.24) is 9.29 Å². The molecule has 4 nitrogen and oxygen atoms in total. The Balaban J connectivity index is 2.40. The summed E-state index contributed by atoms with van der Waals surface area (Å²) in [6.45, 7) is 11.2. The van der Waals surface area contributed by atoms with Gasteiger partial charge in [0.25, 0.3) is 0 Å². The third kappa shape index (κ3) is 4.11. The molecule has 0 saturated heterocycles. The largest absolute Gasteiger partial charge is 0.497 e. The quantitative estimate of drug-likeness (QED) is 0.665. The maximum Gasteiger partial charge on any atom is 0.166 e. The van der Waals surface area contributed by atoms with Crippen LogP contribution in [0.1, 0.15) is 41.0 Å². The van der Waals surface area contributed by atoms with Crippen molar-refractivity contribution < 1.29 is 9.47 Å². The lowest BCUT2D eigenvalue weighted by atomic mass is 10.1. The Kier molecular flexibility index (Phi) is 5.81. The van der Waals surface area contributed by atoms with Crippen LogP contribution in [-0.2, 0) is 0 Å². The predicted molar refractivity (Wildman–Crippen MR) is 99.9 cm³/mol. The summed E-state index contributed by atoms with van der Waals surface area (Å²) in [5, 5.41) is 0. The fraction of sp³-hybridized carbons (Fsp3) is 0.588. The van der Waals surface area contributed by atoms with Crippen molar-refractivity contribution in [2.75, 3.05) is 14.2 Å². The Hall–Kier alpha value is -0.980. The monoisotopic (exact) mass is 354 g/mol.